The number of benzene rings is 1. The molecule has 0 atom stereocenters. The van der Waals surface area contributed by atoms with Gasteiger partial charge in [0.25, 0.3) is 0 Å². The number of carboxylic acids is 1. The largest absolute Gasteiger partial charge is 0.478 e. The zero-order valence-corrected chi connectivity index (χ0v) is 13.5. The first-order valence-electron chi connectivity index (χ1n) is 5.46. The number of hydrogen-bond donors (Lipinski definition) is 1. The van der Waals surface area contributed by atoms with Crippen LogP contribution in [0.25, 0.3) is 0 Å². The summed E-state index contributed by atoms with van der Waals surface area (Å²) in [7, 11) is -3.64. The summed E-state index contributed by atoms with van der Waals surface area (Å²) in [5.41, 5.74) is 0.423. The molecule has 2 rings (SSSR count). The second-order valence-electron chi connectivity index (χ2n) is 4.07. The van der Waals surface area contributed by atoms with Gasteiger partial charge in [0.2, 0.25) is 0 Å². The molecule has 1 N–H and O–H groups in total. The van der Waals surface area contributed by atoms with E-state index >= 15 is 0 Å². The molecule has 0 radical (unpaired) electrons. The van der Waals surface area contributed by atoms with E-state index in [0.29, 0.717) is 15.0 Å². The predicted molar refractivity (Wildman–Crippen MR) is 78.8 cm³/mol. The van der Waals surface area contributed by atoms with Crippen molar-refractivity contribution in [2.45, 2.75) is 17.6 Å². The topological polar surface area (TPSA) is 84.3 Å². The number of nitrogens with zero attached hydrogens (tertiary/aromatic N) is 1. The normalized spacial score (nSPS) is 11.5. The summed E-state index contributed by atoms with van der Waals surface area (Å²) >= 11 is 4.44. The fraction of sp³-hybridized carbons (Fsp3) is 0.167. The zero-order valence-electron chi connectivity index (χ0n) is 10.3. The van der Waals surface area contributed by atoms with Gasteiger partial charge in [-0.1, -0.05) is 15.9 Å². The summed E-state index contributed by atoms with van der Waals surface area (Å²) in [4.78, 5) is 15.0. The van der Waals surface area contributed by atoms with Gasteiger partial charge in [-0.05, 0) is 24.6 Å². The lowest BCUT2D eigenvalue weighted by molar-refractivity contribution is 0.0696. The van der Waals surface area contributed by atoms with Crippen molar-refractivity contribution in [2.24, 2.45) is 0 Å². The average Bonchev–Trinajstić information content (AvgIpc) is 2.83. The third kappa shape index (κ3) is 3.08. The highest BCUT2D eigenvalue weighted by atomic mass is 79.9. The van der Waals surface area contributed by atoms with Gasteiger partial charge in [-0.2, -0.15) is 0 Å². The smallest absolute Gasteiger partial charge is 0.335 e. The van der Waals surface area contributed by atoms with Crippen molar-refractivity contribution in [3.8, 4) is 0 Å². The van der Waals surface area contributed by atoms with Crippen LogP contribution in [-0.4, -0.2) is 24.5 Å². The molecule has 0 amide bonds. The summed E-state index contributed by atoms with van der Waals surface area (Å²) in [6.07, 6.45) is 1.53. The minimum atomic E-state index is -3.64. The van der Waals surface area contributed by atoms with E-state index in [1.807, 2.05) is 0 Å². The van der Waals surface area contributed by atoms with Crippen LogP contribution >= 0.6 is 27.3 Å². The van der Waals surface area contributed by atoms with E-state index in [0.717, 1.165) is 0 Å². The molecule has 20 heavy (non-hydrogen) atoms. The third-order valence-corrected chi connectivity index (χ3v) is 6.21. The van der Waals surface area contributed by atoms with Gasteiger partial charge in [0.15, 0.2) is 9.84 Å². The fourth-order valence-corrected chi connectivity index (χ4v) is 4.83. The number of sulfone groups is 1. The van der Waals surface area contributed by atoms with Gasteiger partial charge in [-0.25, -0.2) is 18.2 Å². The van der Waals surface area contributed by atoms with E-state index in [1.54, 1.807) is 12.3 Å². The standard InChI is InChI=1S/C12H10BrNO4S2/c1-7-9(13)4-8(12(15)16)5-10(7)20(17,18)6-11-14-2-3-19-11/h2-5H,6H2,1H3,(H,15,16). The first kappa shape index (κ1) is 15.1. The number of thiazole rings is 1. The Kier molecular flexibility index (Phi) is 4.26. The Morgan fingerprint density at radius 1 is 1.45 bits per heavy atom. The van der Waals surface area contributed by atoms with Crippen molar-refractivity contribution >= 4 is 43.1 Å². The molecular weight excluding hydrogens is 366 g/mol. The molecule has 0 aliphatic rings. The number of aromatic carboxylic acids is 1. The van der Waals surface area contributed by atoms with Gasteiger partial charge in [0.05, 0.1) is 10.5 Å². The van der Waals surface area contributed by atoms with Crippen molar-refractivity contribution in [1.29, 1.82) is 0 Å². The predicted octanol–water partition coefficient (Wildman–Crippen LogP) is 2.89. The summed E-state index contributed by atoms with van der Waals surface area (Å²) in [5.74, 6) is -1.41. The van der Waals surface area contributed by atoms with Crippen molar-refractivity contribution in [1.82, 2.24) is 4.98 Å². The number of aromatic nitrogens is 1. The van der Waals surface area contributed by atoms with Crippen LogP contribution in [0.15, 0.2) is 33.1 Å². The maximum Gasteiger partial charge on any atom is 0.335 e. The first-order valence-corrected chi connectivity index (χ1v) is 8.78. The highest BCUT2D eigenvalue weighted by molar-refractivity contribution is 9.10. The minimum Gasteiger partial charge on any atom is -0.478 e. The lowest BCUT2D eigenvalue weighted by atomic mass is 10.1. The van der Waals surface area contributed by atoms with Crippen LogP contribution in [0.3, 0.4) is 0 Å². The van der Waals surface area contributed by atoms with Crippen molar-refractivity contribution in [3.05, 3.63) is 44.3 Å². The van der Waals surface area contributed by atoms with Crippen LogP contribution in [0.1, 0.15) is 20.9 Å². The van der Waals surface area contributed by atoms with E-state index in [-0.39, 0.29) is 16.2 Å². The molecule has 0 unspecified atom stereocenters. The number of hydrogen-bond acceptors (Lipinski definition) is 5. The SMILES string of the molecule is Cc1c(Br)cc(C(=O)O)cc1S(=O)(=O)Cc1nccs1. The quantitative estimate of drug-likeness (QED) is 0.887. The van der Waals surface area contributed by atoms with E-state index in [9.17, 15) is 13.2 Å². The Balaban J connectivity index is 2.53. The van der Waals surface area contributed by atoms with Crippen LogP contribution in [-0.2, 0) is 15.6 Å². The van der Waals surface area contributed by atoms with Crippen LogP contribution < -0.4 is 0 Å². The Morgan fingerprint density at radius 3 is 2.70 bits per heavy atom. The molecule has 106 valence electrons. The molecule has 0 aliphatic heterocycles. The van der Waals surface area contributed by atoms with Crippen molar-refractivity contribution < 1.29 is 18.3 Å². The maximum atomic E-state index is 12.4. The molecule has 0 saturated carbocycles. The number of carboxylic acid groups (broad SMARTS) is 1. The van der Waals surface area contributed by atoms with E-state index in [4.69, 9.17) is 5.11 Å². The van der Waals surface area contributed by atoms with Crippen LogP contribution in [0.5, 0.6) is 0 Å². The molecule has 8 heteroatoms. The number of carbonyl (C=O) groups is 1. The molecule has 1 heterocycles. The summed E-state index contributed by atoms with van der Waals surface area (Å²) in [6.45, 7) is 1.63. The average molecular weight is 376 g/mol. The lowest BCUT2D eigenvalue weighted by Crippen LogP contribution is -2.09. The first-order chi connectivity index (χ1) is 9.31. The molecule has 0 saturated heterocycles. The maximum absolute atomic E-state index is 12.4. The lowest BCUT2D eigenvalue weighted by Gasteiger charge is -2.09. The monoisotopic (exact) mass is 375 g/mol. The highest BCUT2D eigenvalue weighted by Gasteiger charge is 2.22. The molecule has 2 aromatic rings. The Morgan fingerprint density at radius 2 is 2.15 bits per heavy atom. The van der Waals surface area contributed by atoms with Crippen LogP contribution in [0.2, 0.25) is 0 Å². The van der Waals surface area contributed by atoms with Gasteiger partial charge in [0, 0.05) is 16.0 Å². The molecule has 0 bridgehead atoms. The van der Waals surface area contributed by atoms with E-state index < -0.39 is 15.8 Å². The van der Waals surface area contributed by atoms with Gasteiger partial charge in [0.1, 0.15) is 10.8 Å². The molecule has 0 aliphatic carbocycles. The second kappa shape index (κ2) is 5.63. The van der Waals surface area contributed by atoms with Crippen LogP contribution in [0, 0.1) is 6.92 Å². The summed E-state index contributed by atoms with van der Waals surface area (Å²) < 4.78 is 25.3. The molecule has 0 spiro atoms. The molecule has 1 aromatic heterocycles. The van der Waals surface area contributed by atoms with Gasteiger partial charge >= 0.3 is 5.97 Å². The molecule has 5 nitrogen and oxygen atoms in total. The van der Waals surface area contributed by atoms with Gasteiger partial charge < -0.3 is 5.11 Å². The van der Waals surface area contributed by atoms with Crippen LogP contribution in [0.4, 0.5) is 0 Å². The van der Waals surface area contributed by atoms with Gasteiger partial charge in [-0.3, -0.25) is 0 Å². The Bertz CT molecular complexity index is 754. The fourth-order valence-electron chi connectivity index (χ4n) is 1.66. The second-order valence-corrected chi connectivity index (χ2v) is 7.86. The zero-order chi connectivity index (χ0) is 14.9. The van der Waals surface area contributed by atoms with Crippen molar-refractivity contribution in [3.63, 3.8) is 0 Å². The van der Waals surface area contributed by atoms with Gasteiger partial charge in [-0.15, -0.1) is 11.3 Å². The Labute approximate surface area is 128 Å². The highest BCUT2D eigenvalue weighted by Crippen LogP contribution is 2.28. The summed E-state index contributed by atoms with van der Waals surface area (Å²) in [5, 5.41) is 11.2. The van der Waals surface area contributed by atoms with E-state index in [2.05, 4.69) is 20.9 Å². The molecule has 1 aromatic carbocycles. The molecule has 0 fully saturated rings. The van der Waals surface area contributed by atoms with E-state index in [1.165, 1.54) is 29.7 Å². The van der Waals surface area contributed by atoms with Crippen molar-refractivity contribution in [2.75, 3.05) is 0 Å². The molecular formula is C12H10BrNO4S2. The minimum absolute atomic E-state index is 0.0134. The Hall–Kier alpha value is -1.25. The number of rotatable bonds is 4. The number of halogens is 1. The summed E-state index contributed by atoms with van der Waals surface area (Å²) in [6, 6.07) is 2.57. The third-order valence-electron chi connectivity index (χ3n) is 2.68.